The molecule has 9 heteroatoms. The molecule has 0 atom stereocenters. The fourth-order valence-corrected chi connectivity index (χ4v) is 2.84. The topological polar surface area (TPSA) is 111 Å². The molecule has 21 heavy (non-hydrogen) atoms. The van der Waals surface area contributed by atoms with Gasteiger partial charge in [-0.15, -0.1) is 0 Å². The monoisotopic (exact) mass is 326 g/mol. The Bertz CT molecular complexity index is 755. The van der Waals surface area contributed by atoms with E-state index in [2.05, 4.69) is 14.9 Å². The van der Waals surface area contributed by atoms with Crippen LogP contribution in [0.1, 0.15) is 17.3 Å². The maximum Gasteiger partial charge on any atom is 0.240 e. The average molecular weight is 326 g/mol. The standard InChI is InChI=1S/C12H14N4O3S2/c1-8-15-11(16-19-8)5-6-14-21(17,18)10-4-2-3-9(7-10)12(13)20/h2-4,7,14H,5-6H2,1H3,(H2,13,20). The Balaban J connectivity index is 2.04. The smallest absolute Gasteiger partial charge is 0.240 e. The maximum absolute atomic E-state index is 12.1. The first kappa shape index (κ1) is 15.5. The van der Waals surface area contributed by atoms with Gasteiger partial charge in [-0.25, -0.2) is 13.1 Å². The Hall–Kier alpha value is -1.84. The average Bonchev–Trinajstić information content (AvgIpc) is 2.84. The fraction of sp³-hybridized carbons (Fsp3) is 0.250. The summed E-state index contributed by atoms with van der Waals surface area (Å²) < 4.78 is 31.6. The lowest BCUT2D eigenvalue weighted by molar-refractivity contribution is 0.387. The molecule has 2 aromatic rings. The predicted octanol–water partition coefficient (Wildman–Crippen LogP) is 0.533. The summed E-state index contributed by atoms with van der Waals surface area (Å²) in [6.45, 7) is 1.83. The van der Waals surface area contributed by atoms with E-state index in [1.54, 1.807) is 19.1 Å². The molecule has 0 aliphatic carbocycles. The highest BCUT2D eigenvalue weighted by atomic mass is 32.2. The maximum atomic E-state index is 12.1. The lowest BCUT2D eigenvalue weighted by Crippen LogP contribution is -2.26. The summed E-state index contributed by atoms with van der Waals surface area (Å²) in [6, 6.07) is 6.15. The molecule has 2 rings (SSSR count). The Morgan fingerprint density at radius 2 is 2.24 bits per heavy atom. The number of hydrogen-bond donors (Lipinski definition) is 2. The van der Waals surface area contributed by atoms with Crippen LogP contribution in [-0.2, 0) is 16.4 Å². The van der Waals surface area contributed by atoms with E-state index in [1.165, 1.54) is 12.1 Å². The van der Waals surface area contributed by atoms with Crippen molar-refractivity contribution in [3.63, 3.8) is 0 Å². The first-order valence-corrected chi connectivity index (χ1v) is 7.96. The zero-order valence-electron chi connectivity index (χ0n) is 11.2. The van der Waals surface area contributed by atoms with Gasteiger partial charge in [0.25, 0.3) is 0 Å². The number of nitrogens with two attached hydrogens (primary N) is 1. The molecule has 7 nitrogen and oxygen atoms in total. The van der Waals surface area contributed by atoms with Gasteiger partial charge in [-0.1, -0.05) is 29.5 Å². The van der Waals surface area contributed by atoms with Crippen molar-refractivity contribution in [1.82, 2.24) is 14.9 Å². The van der Waals surface area contributed by atoms with Gasteiger partial charge in [0.15, 0.2) is 5.82 Å². The molecule has 1 aromatic carbocycles. The van der Waals surface area contributed by atoms with E-state index in [1.807, 2.05) is 0 Å². The zero-order valence-corrected chi connectivity index (χ0v) is 12.9. The normalized spacial score (nSPS) is 11.5. The van der Waals surface area contributed by atoms with Crippen molar-refractivity contribution in [2.24, 2.45) is 5.73 Å². The number of nitrogens with zero attached hydrogens (tertiary/aromatic N) is 2. The first-order chi connectivity index (χ1) is 9.88. The highest BCUT2D eigenvalue weighted by molar-refractivity contribution is 7.89. The highest BCUT2D eigenvalue weighted by Gasteiger charge is 2.15. The number of benzene rings is 1. The van der Waals surface area contributed by atoms with E-state index in [-0.39, 0.29) is 16.4 Å². The summed E-state index contributed by atoms with van der Waals surface area (Å²) in [4.78, 5) is 4.25. The van der Waals surface area contributed by atoms with Crippen molar-refractivity contribution >= 4 is 27.2 Å². The van der Waals surface area contributed by atoms with E-state index in [0.29, 0.717) is 23.7 Å². The Kier molecular flexibility index (Phi) is 4.66. The Labute approximate surface area is 127 Å². The van der Waals surface area contributed by atoms with Crippen molar-refractivity contribution in [1.29, 1.82) is 0 Å². The van der Waals surface area contributed by atoms with Crippen LogP contribution in [0.2, 0.25) is 0 Å². The van der Waals surface area contributed by atoms with Crippen LogP contribution >= 0.6 is 12.2 Å². The molecule has 0 saturated heterocycles. The molecular weight excluding hydrogens is 312 g/mol. The number of nitrogens with one attached hydrogen (secondary N) is 1. The lowest BCUT2D eigenvalue weighted by atomic mass is 10.2. The summed E-state index contributed by atoms with van der Waals surface area (Å²) >= 11 is 4.83. The molecule has 0 saturated carbocycles. The van der Waals surface area contributed by atoms with E-state index < -0.39 is 10.0 Å². The van der Waals surface area contributed by atoms with Crippen LogP contribution in [0.15, 0.2) is 33.7 Å². The summed E-state index contributed by atoms with van der Waals surface area (Å²) in [7, 11) is -3.63. The SMILES string of the molecule is Cc1nc(CCNS(=O)(=O)c2cccc(C(N)=S)c2)no1. The molecular formula is C12H14N4O3S2. The molecule has 112 valence electrons. The van der Waals surface area contributed by atoms with Crippen LogP contribution in [0.3, 0.4) is 0 Å². The van der Waals surface area contributed by atoms with E-state index in [9.17, 15) is 8.42 Å². The summed E-state index contributed by atoms with van der Waals surface area (Å²) in [6.07, 6.45) is 0.339. The summed E-state index contributed by atoms with van der Waals surface area (Å²) in [5.74, 6) is 0.893. The molecule has 3 N–H and O–H groups in total. The third kappa shape index (κ3) is 4.06. The molecule has 0 spiro atoms. The van der Waals surface area contributed by atoms with Crippen LogP contribution in [0.5, 0.6) is 0 Å². The van der Waals surface area contributed by atoms with Crippen LogP contribution in [-0.4, -0.2) is 30.1 Å². The summed E-state index contributed by atoms with van der Waals surface area (Å²) in [5.41, 5.74) is 6.00. The second-order valence-electron chi connectivity index (χ2n) is 4.27. The van der Waals surface area contributed by atoms with Gasteiger partial charge in [-0.05, 0) is 12.1 Å². The number of aryl methyl sites for hydroxylation is 1. The van der Waals surface area contributed by atoms with Crippen molar-refractivity contribution in [3.8, 4) is 0 Å². The molecule has 1 aromatic heterocycles. The second kappa shape index (κ2) is 6.29. The zero-order chi connectivity index (χ0) is 15.5. The number of sulfonamides is 1. The second-order valence-corrected chi connectivity index (χ2v) is 6.48. The quantitative estimate of drug-likeness (QED) is 0.745. The molecule has 0 fully saturated rings. The van der Waals surface area contributed by atoms with E-state index >= 15 is 0 Å². The minimum atomic E-state index is -3.63. The molecule has 0 unspecified atom stereocenters. The van der Waals surface area contributed by atoms with Crippen LogP contribution in [0.4, 0.5) is 0 Å². The summed E-state index contributed by atoms with van der Waals surface area (Å²) in [5, 5.41) is 3.69. The third-order valence-corrected chi connectivity index (χ3v) is 4.33. The van der Waals surface area contributed by atoms with Gasteiger partial charge in [0.05, 0.1) is 4.90 Å². The number of aromatic nitrogens is 2. The van der Waals surface area contributed by atoms with Crippen molar-refractivity contribution in [3.05, 3.63) is 41.5 Å². The molecule has 0 bridgehead atoms. The molecule has 1 heterocycles. The van der Waals surface area contributed by atoms with Crippen molar-refractivity contribution in [2.75, 3.05) is 6.54 Å². The predicted molar refractivity (Wildman–Crippen MR) is 80.3 cm³/mol. The van der Waals surface area contributed by atoms with Gasteiger partial charge >= 0.3 is 0 Å². The largest absolute Gasteiger partial charge is 0.389 e. The third-order valence-electron chi connectivity index (χ3n) is 2.64. The van der Waals surface area contributed by atoms with Gasteiger partial charge in [-0.2, -0.15) is 4.98 Å². The number of thiocarbonyl (C=S) groups is 1. The minimum absolute atomic E-state index is 0.108. The van der Waals surface area contributed by atoms with Gasteiger partial charge in [0.1, 0.15) is 4.99 Å². The Morgan fingerprint density at radius 3 is 2.86 bits per heavy atom. The lowest BCUT2D eigenvalue weighted by Gasteiger charge is -2.07. The van der Waals surface area contributed by atoms with Crippen molar-refractivity contribution in [2.45, 2.75) is 18.2 Å². The fourth-order valence-electron chi connectivity index (χ4n) is 1.64. The molecule has 0 aliphatic heterocycles. The highest BCUT2D eigenvalue weighted by Crippen LogP contribution is 2.11. The van der Waals surface area contributed by atoms with Gasteiger partial charge in [0.2, 0.25) is 15.9 Å². The molecule has 0 aliphatic rings. The molecule has 0 amide bonds. The first-order valence-electron chi connectivity index (χ1n) is 6.07. The van der Waals surface area contributed by atoms with E-state index in [0.717, 1.165) is 0 Å². The van der Waals surface area contributed by atoms with Crippen LogP contribution in [0, 0.1) is 6.92 Å². The molecule has 0 radical (unpaired) electrons. The van der Waals surface area contributed by atoms with Gasteiger partial charge < -0.3 is 10.3 Å². The Morgan fingerprint density at radius 1 is 1.48 bits per heavy atom. The number of hydrogen-bond acceptors (Lipinski definition) is 6. The number of rotatable bonds is 6. The van der Waals surface area contributed by atoms with Crippen molar-refractivity contribution < 1.29 is 12.9 Å². The minimum Gasteiger partial charge on any atom is -0.389 e. The van der Waals surface area contributed by atoms with E-state index in [4.69, 9.17) is 22.5 Å². The van der Waals surface area contributed by atoms with Gasteiger partial charge in [-0.3, -0.25) is 0 Å². The van der Waals surface area contributed by atoms with Crippen LogP contribution < -0.4 is 10.5 Å². The van der Waals surface area contributed by atoms with Gasteiger partial charge in [0, 0.05) is 25.5 Å². The van der Waals surface area contributed by atoms with Crippen LogP contribution in [0.25, 0.3) is 0 Å².